The predicted molar refractivity (Wildman–Crippen MR) is 72.6 cm³/mol. The monoisotopic (exact) mass is 236 g/mol. The van der Waals surface area contributed by atoms with Crippen molar-refractivity contribution >= 4 is 0 Å². The molecule has 96 valence electrons. The van der Waals surface area contributed by atoms with Crippen molar-refractivity contribution in [2.45, 2.75) is 33.1 Å². The molecule has 0 bridgehead atoms. The lowest BCUT2D eigenvalue weighted by Gasteiger charge is -2.28. The lowest BCUT2D eigenvalue weighted by molar-refractivity contribution is 0.386. The molecule has 0 radical (unpaired) electrons. The summed E-state index contributed by atoms with van der Waals surface area (Å²) in [5.74, 6) is 0.955. The van der Waals surface area contributed by atoms with Crippen LogP contribution in [-0.2, 0) is 5.41 Å². The van der Waals surface area contributed by atoms with Gasteiger partial charge >= 0.3 is 0 Å². The van der Waals surface area contributed by atoms with E-state index in [-0.39, 0.29) is 5.41 Å². The summed E-state index contributed by atoms with van der Waals surface area (Å²) in [6, 6.07) is 4.32. The minimum atomic E-state index is 0.00315. The first-order valence-corrected chi connectivity index (χ1v) is 5.99. The van der Waals surface area contributed by atoms with E-state index in [1.807, 2.05) is 0 Å². The lowest BCUT2D eigenvalue weighted by Crippen LogP contribution is -2.36. The average Bonchev–Trinajstić information content (AvgIpc) is 2.29. The van der Waals surface area contributed by atoms with Crippen molar-refractivity contribution in [2.24, 2.45) is 5.73 Å². The molecule has 0 atom stereocenters. The Morgan fingerprint density at radius 3 is 2.35 bits per heavy atom. The minimum Gasteiger partial charge on any atom is -0.496 e. The molecule has 0 fully saturated rings. The molecule has 1 aromatic carbocycles. The summed E-state index contributed by atoms with van der Waals surface area (Å²) in [4.78, 5) is 0. The maximum absolute atomic E-state index is 5.50. The topological polar surface area (TPSA) is 47.3 Å². The van der Waals surface area contributed by atoms with Crippen LogP contribution in [0.25, 0.3) is 0 Å². The van der Waals surface area contributed by atoms with Gasteiger partial charge in [-0.3, -0.25) is 0 Å². The van der Waals surface area contributed by atoms with E-state index in [2.05, 4.69) is 45.1 Å². The summed E-state index contributed by atoms with van der Waals surface area (Å²) in [6.45, 7) is 9.96. The third kappa shape index (κ3) is 3.20. The van der Waals surface area contributed by atoms with Gasteiger partial charge in [0.1, 0.15) is 5.75 Å². The Labute approximate surface area is 104 Å². The van der Waals surface area contributed by atoms with Crippen molar-refractivity contribution < 1.29 is 4.74 Å². The number of aryl methyl sites for hydroxylation is 2. The Bertz CT molecular complexity index is 386. The van der Waals surface area contributed by atoms with Crippen molar-refractivity contribution in [1.29, 1.82) is 0 Å². The van der Waals surface area contributed by atoms with Crippen LogP contribution in [0.4, 0.5) is 0 Å². The molecule has 0 heterocycles. The fourth-order valence-corrected chi connectivity index (χ4v) is 1.97. The Balaban J connectivity index is 3.14. The molecule has 3 N–H and O–H groups in total. The largest absolute Gasteiger partial charge is 0.496 e. The fraction of sp³-hybridized carbons (Fsp3) is 0.571. The molecular formula is C14H24N2O. The number of nitrogens with one attached hydrogen (secondary N) is 1. The molecule has 17 heavy (non-hydrogen) atoms. The second-order valence-electron chi connectivity index (χ2n) is 5.15. The van der Waals surface area contributed by atoms with Crippen LogP contribution in [0.3, 0.4) is 0 Å². The lowest BCUT2D eigenvalue weighted by atomic mass is 9.82. The van der Waals surface area contributed by atoms with Crippen LogP contribution >= 0.6 is 0 Å². The van der Waals surface area contributed by atoms with Crippen molar-refractivity contribution in [2.75, 3.05) is 20.3 Å². The molecule has 0 saturated carbocycles. The summed E-state index contributed by atoms with van der Waals surface area (Å²) in [5.41, 5.74) is 9.28. The highest BCUT2D eigenvalue weighted by atomic mass is 16.5. The van der Waals surface area contributed by atoms with Gasteiger partial charge in [-0.2, -0.15) is 0 Å². The predicted octanol–water partition coefficient (Wildman–Crippen LogP) is 2.10. The summed E-state index contributed by atoms with van der Waals surface area (Å²) < 4.78 is 5.49. The van der Waals surface area contributed by atoms with E-state index in [1.165, 1.54) is 16.7 Å². The zero-order valence-corrected chi connectivity index (χ0v) is 11.6. The van der Waals surface area contributed by atoms with Gasteiger partial charge in [-0.25, -0.2) is 0 Å². The molecule has 0 amide bonds. The number of hydrogen-bond acceptors (Lipinski definition) is 3. The van der Waals surface area contributed by atoms with Crippen LogP contribution in [-0.4, -0.2) is 20.3 Å². The first-order chi connectivity index (χ1) is 7.92. The van der Waals surface area contributed by atoms with Crippen LogP contribution in [0, 0.1) is 13.8 Å². The van der Waals surface area contributed by atoms with Gasteiger partial charge in [-0.1, -0.05) is 19.9 Å². The zero-order valence-electron chi connectivity index (χ0n) is 11.6. The van der Waals surface area contributed by atoms with Crippen molar-refractivity contribution in [1.82, 2.24) is 5.32 Å². The van der Waals surface area contributed by atoms with Crippen LogP contribution in [0.1, 0.15) is 30.5 Å². The summed E-state index contributed by atoms with van der Waals surface area (Å²) in [6.07, 6.45) is 0. The Morgan fingerprint density at radius 1 is 1.24 bits per heavy atom. The first kappa shape index (κ1) is 14.0. The van der Waals surface area contributed by atoms with Gasteiger partial charge in [-0.05, 0) is 31.0 Å². The third-order valence-electron chi connectivity index (χ3n) is 3.26. The smallest absolute Gasteiger partial charge is 0.122 e. The highest BCUT2D eigenvalue weighted by molar-refractivity contribution is 5.45. The molecule has 0 aliphatic carbocycles. The number of ether oxygens (including phenoxy) is 1. The number of methoxy groups -OCH3 is 1. The van der Waals surface area contributed by atoms with E-state index in [1.54, 1.807) is 7.11 Å². The normalized spacial score (nSPS) is 11.6. The standard InChI is InChI=1S/C14H24N2O/c1-10-6-12(13(17-5)7-11(10)2)14(3,4)8-16-9-15/h6-7,16H,8-9,15H2,1-5H3. The van der Waals surface area contributed by atoms with E-state index in [0.717, 1.165) is 12.3 Å². The van der Waals surface area contributed by atoms with E-state index in [9.17, 15) is 0 Å². The molecule has 0 spiro atoms. The third-order valence-corrected chi connectivity index (χ3v) is 3.26. The number of nitrogens with two attached hydrogens (primary N) is 1. The molecule has 0 aromatic heterocycles. The fourth-order valence-electron chi connectivity index (χ4n) is 1.97. The number of rotatable bonds is 5. The van der Waals surface area contributed by atoms with Gasteiger partial charge in [0.05, 0.1) is 7.11 Å². The number of hydrogen-bond donors (Lipinski definition) is 2. The van der Waals surface area contributed by atoms with Crippen LogP contribution < -0.4 is 15.8 Å². The minimum absolute atomic E-state index is 0.00315. The molecule has 3 heteroatoms. The van der Waals surface area contributed by atoms with Gasteiger partial charge < -0.3 is 15.8 Å². The summed E-state index contributed by atoms with van der Waals surface area (Å²) >= 11 is 0. The van der Waals surface area contributed by atoms with Crippen LogP contribution in [0.5, 0.6) is 5.75 Å². The van der Waals surface area contributed by atoms with Crippen LogP contribution in [0.15, 0.2) is 12.1 Å². The molecule has 1 aromatic rings. The second kappa shape index (κ2) is 5.52. The van der Waals surface area contributed by atoms with Gasteiger partial charge in [-0.15, -0.1) is 0 Å². The Kier molecular flexibility index (Phi) is 4.54. The molecule has 0 unspecified atom stereocenters. The van der Waals surface area contributed by atoms with E-state index < -0.39 is 0 Å². The number of benzene rings is 1. The molecule has 1 rings (SSSR count). The first-order valence-electron chi connectivity index (χ1n) is 5.99. The molecule has 0 aliphatic rings. The second-order valence-corrected chi connectivity index (χ2v) is 5.15. The maximum Gasteiger partial charge on any atom is 0.122 e. The van der Waals surface area contributed by atoms with E-state index >= 15 is 0 Å². The van der Waals surface area contributed by atoms with Gasteiger partial charge in [0, 0.05) is 24.2 Å². The summed E-state index contributed by atoms with van der Waals surface area (Å²) in [5, 5.41) is 3.19. The van der Waals surface area contributed by atoms with E-state index in [0.29, 0.717) is 6.67 Å². The zero-order chi connectivity index (χ0) is 13.1. The molecule has 0 aliphatic heterocycles. The molecule has 0 saturated heterocycles. The summed E-state index contributed by atoms with van der Waals surface area (Å²) in [7, 11) is 1.72. The van der Waals surface area contributed by atoms with Crippen molar-refractivity contribution in [3.05, 3.63) is 28.8 Å². The highest BCUT2D eigenvalue weighted by Gasteiger charge is 2.24. The van der Waals surface area contributed by atoms with Crippen molar-refractivity contribution in [3.63, 3.8) is 0 Å². The van der Waals surface area contributed by atoms with Gasteiger partial charge in [0.25, 0.3) is 0 Å². The maximum atomic E-state index is 5.50. The Hall–Kier alpha value is -1.06. The SMILES string of the molecule is COc1cc(C)c(C)cc1C(C)(C)CNCN. The van der Waals surface area contributed by atoms with Gasteiger partial charge in [0.2, 0.25) is 0 Å². The van der Waals surface area contributed by atoms with Crippen molar-refractivity contribution in [3.8, 4) is 5.75 Å². The average molecular weight is 236 g/mol. The highest BCUT2D eigenvalue weighted by Crippen LogP contribution is 2.33. The Morgan fingerprint density at radius 2 is 1.82 bits per heavy atom. The van der Waals surface area contributed by atoms with Gasteiger partial charge in [0.15, 0.2) is 0 Å². The molecular weight excluding hydrogens is 212 g/mol. The molecule has 3 nitrogen and oxygen atoms in total. The van der Waals surface area contributed by atoms with Crippen LogP contribution in [0.2, 0.25) is 0 Å². The van der Waals surface area contributed by atoms with E-state index in [4.69, 9.17) is 10.5 Å². The quantitative estimate of drug-likeness (QED) is 0.770.